The van der Waals surface area contributed by atoms with E-state index in [4.69, 9.17) is 9.47 Å². The Morgan fingerprint density at radius 3 is 2.78 bits per heavy atom. The van der Waals surface area contributed by atoms with E-state index in [-0.39, 0.29) is 30.8 Å². The molecule has 9 heteroatoms. The minimum absolute atomic E-state index is 0. The van der Waals surface area contributed by atoms with E-state index in [1.807, 2.05) is 29.8 Å². The molecule has 2 aromatic rings. The molecule has 8 nitrogen and oxygen atoms in total. The molecular weight excluding hydrogens is 411 g/mol. The van der Waals surface area contributed by atoms with Gasteiger partial charge in [0.2, 0.25) is 6.79 Å². The zero-order valence-corrected chi connectivity index (χ0v) is 15.3. The van der Waals surface area contributed by atoms with E-state index in [9.17, 15) is 0 Å². The van der Waals surface area contributed by atoms with Crippen molar-refractivity contribution >= 4 is 29.9 Å². The Morgan fingerprint density at radius 1 is 1.26 bits per heavy atom. The fourth-order valence-electron chi connectivity index (χ4n) is 2.09. The summed E-state index contributed by atoms with van der Waals surface area (Å²) in [5.41, 5.74) is 1.09. The number of aliphatic imine (C=N–C) groups is 1. The van der Waals surface area contributed by atoms with E-state index in [1.165, 1.54) is 0 Å². The van der Waals surface area contributed by atoms with Crippen molar-refractivity contribution in [3.63, 3.8) is 0 Å². The third kappa shape index (κ3) is 4.24. The molecule has 2 heterocycles. The molecular formula is C14H19IN6O2. The van der Waals surface area contributed by atoms with Gasteiger partial charge in [0, 0.05) is 20.6 Å². The highest BCUT2D eigenvalue weighted by atomic mass is 127. The first-order valence-corrected chi connectivity index (χ1v) is 6.92. The van der Waals surface area contributed by atoms with Crippen molar-refractivity contribution in [2.24, 2.45) is 12.0 Å². The average Bonchev–Trinajstić information content (AvgIpc) is 3.15. The van der Waals surface area contributed by atoms with Crippen molar-refractivity contribution in [1.29, 1.82) is 0 Å². The number of halogens is 1. The van der Waals surface area contributed by atoms with E-state index >= 15 is 0 Å². The molecule has 3 rings (SSSR count). The molecule has 0 bridgehead atoms. The minimum atomic E-state index is 0. The summed E-state index contributed by atoms with van der Waals surface area (Å²) < 4.78 is 12.5. The first-order valence-electron chi connectivity index (χ1n) is 6.92. The molecule has 0 amide bonds. The molecule has 23 heavy (non-hydrogen) atoms. The van der Waals surface area contributed by atoms with Gasteiger partial charge in [0.15, 0.2) is 23.3 Å². The molecule has 0 saturated heterocycles. The lowest BCUT2D eigenvalue weighted by molar-refractivity contribution is 0.174. The first kappa shape index (κ1) is 17.3. The Balaban J connectivity index is 0.00000192. The van der Waals surface area contributed by atoms with Crippen LogP contribution in [0.1, 0.15) is 11.4 Å². The van der Waals surface area contributed by atoms with Crippen molar-refractivity contribution in [3.05, 3.63) is 35.9 Å². The highest BCUT2D eigenvalue weighted by molar-refractivity contribution is 14.0. The predicted molar refractivity (Wildman–Crippen MR) is 96.0 cm³/mol. The standard InChI is InChI=1S/C14H18N6O2.HI/c1-15-14(17-7-13-19-18-8-20(13)2)16-6-10-3-4-11-12(5-10)22-9-21-11;/h3-5,8H,6-7,9H2,1-2H3,(H2,15,16,17);1H. The molecule has 1 aliphatic heterocycles. The summed E-state index contributed by atoms with van der Waals surface area (Å²) >= 11 is 0. The molecule has 2 N–H and O–H groups in total. The van der Waals surface area contributed by atoms with Crippen LogP contribution in [0, 0.1) is 0 Å². The first-order chi connectivity index (χ1) is 10.8. The van der Waals surface area contributed by atoms with Gasteiger partial charge >= 0.3 is 0 Å². The summed E-state index contributed by atoms with van der Waals surface area (Å²) in [5.74, 6) is 3.10. The van der Waals surface area contributed by atoms with Gasteiger partial charge < -0.3 is 24.7 Å². The number of rotatable bonds is 4. The van der Waals surface area contributed by atoms with Crippen molar-refractivity contribution in [3.8, 4) is 11.5 Å². The van der Waals surface area contributed by atoms with E-state index in [0.29, 0.717) is 19.0 Å². The summed E-state index contributed by atoms with van der Waals surface area (Å²) in [5, 5.41) is 14.3. The molecule has 1 aliphatic rings. The third-order valence-electron chi connectivity index (χ3n) is 3.34. The monoisotopic (exact) mass is 430 g/mol. The second kappa shape index (κ2) is 7.99. The lowest BCUT2D eigenvalue weighted by Gasteiger charge is -2.11. The van der Waals surface area contributed by atoms with Gasteiger partial charge in [-0.25, -0.2) is 0 Å². The normalized spacial score (nSPS) is 12.7. The lowest BCUT2D eigenvalue weighted by Crippen LogP contribution is -2.36. The number of hydrogen-bond acceptors (Lipinski definition) is 5. The molecule has 1 aromatic heterocycles. The molecule has 0 spiro atoms. The molecule has 0 radical (unpaired) electrons. The fraction of sp³-hybridized carbons (Fsp3) is 0.357. The Bertz CT molecular complexity index is 688. The van der Waals surface area contributed by atoms with Crippen molar-refractivity contribution in [2.45, 2.75) is 13.1 Å². The number of nitrogens with zero attached hydrogens (tertiary/aromatic N) is 4. The smallest absolute Gasteiger partial charge is 0.231 e. The summed E-state index contributed by atoms with van der Waals surface area (Å²) in [6.45, 7) is 1.47. The van der Waals surface area contributed by atoms with E-state index in [0.717, 1.165) is 22.9 Å². The van der Waals surface area contributed by atoms with E-state index in [2.05, 4.69) is 25.8 Å². The molecule has 0 atom stereocenters. The maximum atomic E-state index is 5.37. The van der Waals surface area contributed by atoms with Crippen LogP contribution in [0.25, 0.3) is 0 Å². The van der Waals surface area contributed by atoms with Crippen molar-refractivity contribution < 1.29 is 9.47 Å². The predicted octanol–water partition coefficient (Wildman–Crippen LogP) is 1.03. The zero-order valence-electron chi connectivity index (χ0n) is 12.9. The second-order valence-electron chi connectivity index (χ2n) is 4.83. The van der Waals surface area contributed by atoms with Gasteiger partial charge in [-0.15, -0.1) is 34.2 Å². The van der Waals surface area contributed by atoms with E-state index < -0.39 is 0 Å². The summed E-state index contributed by atoms with van der Waals surface area (Å²) in [6.07, 6.45) is 1.67. The van der Waals surface area contributed by atoms with Crippen LogP contribution in [0.3, 0.4) is 0 Å². The van der Waals surface area contributed by atoms with Crippen LogP contribution in [0.4, 0.5) is 0 Å². The molecule has 0 unspecified atom stereocenters. The van der Waals surface area contributed by atoms with Crippen LogP contribution in [-0.2, 0) is 20.1 Å². The van der Waals surface area contributed by atoms with Crippen molar-refractivity contribution in [2.75, 3.05) is 13.8 Å². The van der Waals surface area contributed by atoms with Gasteiger partial charge in [-0.2, -0.15) is 0 Å². The number of ether oxygens (including phenoxy) is 2. The Morgan fingerprint density at radius 2 is 2.04 bits per heavy atom. The number of guanidine groups is 1. The molecule has 1 aromatic carbocycles. The zero-order chi connectivity index (χ0) is 15.4. The lowest BCUT2D eigenvalue weighted by atomic mass is 10.2. The van der Waals surface area contributed by atoms with Gasteiger partial charge in [-0.1, -0.05) is 6.07 Å². The Kier molecular flexibility index (Phi) is 6.02. The van der Waals surface area contributed by atoms with Crippen LogP contribution in [0.2, 0.25) is 0 Å². The largest absolute Gasteiger partial charge is 0.454 e. The molecule has 0 saturated carbocycles. The minimum Gasteiger partial charge on any atom is -0.454 e. The number of aryl methyl sites for hydroxylation is 1. The van der Waals surface area contributed by atoms with Gasteiger partial charge in [-0.05, 0) is 17.7 Å². The van der Waals surface area contributed by atoms with Crippen LogP contribution >= 0.6 is 24.0 Å². The van der Waals surface area contributed by atoms with Crippen LogP contribution in [0.15, 0.2) is 29.5 Å². The molecule has 124 valence electrons. The van der Waals surface area contributed by atoms with E-state index in [1.54, 1.807) is 13.4 Å². The summed E-state index contributed by atoms with van der Waals surface area (Å²) in [4.78, 5) is 4.19. The van der Waals surface area contributed by atoms with Crippen LogP contribution < -0.4 is 20.1 Å². The van der Waals surface area contributed by atoms with Gasteiger partial charge in [0.05, 0.1) is 6.54 Å². The number of benzene rings is 1. The maximum Gasteiger partial charge on any atom is 0.231 e. The highest BCUT2D eigenvalue weighted by Crippen LogP contribution is 2.32. The number of nitrogens with one attached hydrogen (secondary N) is 2. The Hall–Kier alpha value is -2.04. The highest BCUT2D eigenvalue weighted by Gasteiger charge is 2.13. The molecule has 0 fully saturated rings. The summed E-state index contributed by atoms with van der Waals surface area (Å²) in [6, 6.07) is 5.87. The van der Waals surface area contributed by atoms with Gasteiger partial charge in [-0.3, -0.25) is 4.99 Å². The SMILES string of the molecule is CN=C(NCc1ccc2c(c1)OCO2)NCc1nncn1C.I. The van der Waals surface area contributed by atoms with Crippen LogP contribution in [-0.4, -0.2) is 34.6 Å². The Labute approximate surface area is 151 Å². The van der Waals surface area contributed by atoms with Gasteiger partial charge in [0.25, 0.3) is 0 Å². The van der Waals surface area contributed by atoms with Crippen LogP contribution in [0.5, 0.6) is 11.5 Å². The summed E-state index contributed by atoms with van der Waals surface area (Å²) in [7, 11) is 3.63. The maximum absolute atomic E-state index is 5.37. The average molecular weight is 430 g/mol. The number of fused-ring (bicyclic) bond motifs is 1. The van der Waals surface area contributed by atoms with Gasteiger partial charge in [0.1, 0.15) is 6.33 Å². The third-order valence-corrected chi connectivity index (χ3v) is 3.34. The fourth-order valence-corrected chi connectivity index (χ4v) is 2.09. The second-order valence-corrected chi connectivity index (χ2v) is 4.83. The molecule has 0 aliphatic carbocycles. The quantitative estimate of drug-likeness (QED) is 0.428. The van der Waals surface area contributed by atoms with Crippen molar-refractivity contribution in [1.82, 2.24) is 25.4 Å². The topological polar surface area (TPSA) is 85.6 Å². The number of hydrogen-bond donors (Lipinski definition) is 2. The number of aromatic nitrogens is 3.